The third-order valence-corrected chi connectivity index (χ3v) is 5.08. The molecule has 1 aromatic rings. The highest BCUT2D eigenvalue weighted by Gasteiger charge is 2.20. The van der Waals surface area contributed by atoms with Crippen LogP contribution in [0.3, 0.4) is 0 Å². The van der Waals surface area contributed by atoms with Crippen LogP contribution < -0.4 is 10.1 Å². The van der Waals surface area contributed by atoms with E-state index in [1.807, 2.05) is 0 Å². The first-order valence-corrected chi connectivity index (χ1v) is 9.01. The van der Waals surface area contributed by atoms with Crippen LogP contribution in [0.4, 0.5) is 0 Å². The minimum absolute atomic E-state index is 0.269. The van der Waals surface area contributed by atoms with E-state index < -0.39 is 0 Å². The zero-order valence-corrected chi connectivity index (χ0v) is 13.9. The summed E-state index contributed by atoms with van der Waals surface area (Å²) in [4.78, 5) is 0. The van der Waals surface area contributed by atoms with E-state index in [2.05, 4.69) is 29.6 Å². The average molecular weight is 319 g/mol. The van der Waals surface area contributed by atoms with Crippen molar-refractivity contribution in [3.63, 3.8) is 0 Å². The van der Waals surface area contributed by atoms with Crippen molar-refractivity contribution in [3.8, 4) is 5.75 Å². The molecule has 1 aliphatic heterocycles. The molecule has 4 heteroatoms. The van der Waals surface area contributed by atoms with Gasteiger partial charge in [0.2, 0.25) is 0 Å². The Morgan fingerprint density at radius 2 is 1.87 bits per heavy atom. The second kappa shape index (κ2) is 8.67. The van der Waals surface area contributed by atoms with Crippen LogP contribution in [0.1, 0.15) is 44.1 Å². The van der Waals surface area contributed by atoms with Crippen molar-refractivity contribution in [2.24, 2.45) is 5.92 Å². The van der Waals surface area contributed by atoms with Crippen LogP contribution in [0.25, 0.3) is 0 Å². The van der Waals surface area contributed by atoms with Gasteiger partial charge in [0.1, 0.15) is 12.4 Å². The second-order valence-electron chi connectivity index (χ2n) is 6.87. The molecule has 1 heterocycles. The van der Waals surface area contributed by atoms with Crippen LogP contribution in [-0.4, -0.2) is 37.1 Å². The Morgan fingerprint density at radius 1 is 1.09 bits per heavy atom. The molecule has 1 saturated carbocycles. The van der Waals surface area contributed by atoms with Crippen LogP contribution in [0.5, 0.6) is 5.75 Å². The van der Waals surface area contributed by atoms with Crippen molar-refractivity contribution in [1.29, 1.82) is 0 Å². The highest BCUT2D eigenvalue weighted by molar-refractivity contribution is 5.27. The summed E-state index contributed by atoms with van der Waals surface area (Å²) in [5.74, 6) is 1.45. The highest BCUT2D eigenvalue weighted by Crippen LogP contribution is 2.24. The molecule has 1 aliphatic carbocycles. The summed E-state index contributed by atoms with van der Waals surface area (Å²) in [6.07, 6.45) is 7.17. The Balaban J connectivity index is 1.37. The van der Waals surface area contributed by atoms with Gasteiger partial charge in [0, 0.05) is 25.8 Å². The summed E-state index contributed by atoms with van der Waals surface area (Å²) in [7, 11) is 0. The largest absolute Gasteiger partial charge is 0.491 e. The molecule has 2 fully saturated rings. The fourth-order valence-electron chi connectivity index (χ4n) is 3.48. The number of aliphatic hydroxyl groups is 1. The van der Waals surface area contributed by atoms with E-state index in [9.17, 15) is 5.11 Å². The molecule has 1 unspecified atom stereocenters. The predicted octanol–water partition coefficient (Wildman–Crippen LogP) is 2.89. The molecule has 0 bridgehead atoms. The Hall–Kier alpha value is -1.10. The molecule has 2 N–H and O–H groups in total. The maximum Gasteiger partial charge on any atom is 0.119 e. The lowest BCUT2D eigenvalue weighted by molar-refractivity contribution is 0.0679. The van der Waals surface area contributed by atoms with Crippen molar-refractivity contribution in [3.05, 3.63) is 29.8 Å². The van der Waals surface area contributed by atoms with Crippen molar-refractivity contribution >= 4 is 0 Å². The maximum absolute atomic E-state index is 9.18. The Bertz CT molecular complexity index is 448. The summed E-state index contributed by atoms with van der Waals surface area (Å²) in [5, 5.41) is 12.8. The first kappa shape index (κ1) is 16.7. The van der Waals surface area contributed by atoms with Gasteiger partial charge in [-0.2, -0.15) is 0 Å². The summed E-state index contributed by atoms with van der Waals surface area (Å²) >= 11 is 0. The number of hydrogen-bond donors (Lipinski definition) is 2. The van der Waals surface area contributed by atoms with Gasteiger partial charge in [0.15, 0.2) is 0 Å². The van der Waals surface area contributed by atoms with Crippen LogP contribution >= 0.6 is 0 Å². The monoisotopic (exact) mass is 319 g/mol. The van der Waals surface area contributed by atoms with Crippen LogP contribution in [0, 0.1) is 5.92 Å². The predicted molar refractivity (Wildman–Crippen MR) is 90.6 cm³/mol. The van der Waals surface area contributed by atoms with E-state index in [0.717, 1.165) is 44.6 Å². The minimum atomic E-state index is 0.269. The van der Waals surface area contributed by atoms with Crippen molar-refractivity contribution in [2.45, 2.75) is 57.2 Å². The zero-order valence-electron chi connectivity index (χ0n) is 13.9. The molecule has 1 aromatic carbocycles. The smallest absolute Gasteiger partial charge is 0.119 e. The molecule has 0 amide bonds. The highest BCUT2D eigenvalue weighted by atomic mass is 16.5. The Morgan fingerprint density at radius 3 is 2.52 bits per heavy atom. The fraction of sp³-hybridized carbons (Fsp3) is 0.684. The molecular weight excluding hydrogens is 290 g/mol. The summed E-state index contributed by atoms with van der Waals surface area (Å²) in [6.45, 7) is 2.78. The Kier molecular flexibility index (Phi) is 6.31. The van der Waals surface area contributed by atoms with Gasteiger partial charge in [-0.05, 0) is 62.1 Å². The third-order valence-electron chi connectivity index (χ3n) is 5.08. The van der Waals surface area contributed by atoms with Crippen molar-refractivity contribution in [2.75, 3.05) is 19.8 Å². The van der Waals surface area contributed by atoms with Gasteiger partial charge in [-0.25, -0.2) is 0 Å². The number of hydrogen-bond acceptors (Lipinski definition) is 4. The SMILES string of the molecule is OCC1CCC(NCc2ccc(OCC3CCCO3)cc2)CC1. The molecular formula is C19H29NO3. The lowest BCUT2D eigenvalue weighted by atomic mass is 9.86. The van der Waals surface area contributed by atoms with Crippen molar-refractivity contribution < 1.29 is 14.6 Å². The maximum atomic E-state index is 9.18. The van der Waals surface area contributed by atoms with Gasteiger partial charge in [-0.15, -0.1) is 0 Å². The first-order valence-electron chi connectivity index (χ1n) is 9.01. The Labute approximate surface area is 139 Å². The molecule has 0 spiro atoms. The summed E-state index contributed by atoms with van der Waals surface area (Å²) in [6, 6.07) is 8.96. The molecule has 0 aromatic heterocycles. The zero-order chi connectivity index (χ0) is 15.9. The molecule has 1 atom stereocenters. The van der Waals surface area contributed by atoms with Gasteiger partial charge in [0.25, 0.3) is 0 Å². The second-order valence-corrected chi connectivity index (χ2v) is 6.87. The van der Waals surface area contributed by atoms with Gasteiger partial charge in [-0.1, -0.05) is 12.1 Å². The average Bonchev–Trinajstić information content (AvgIpc) is 3.13. The fourth-order valence-corrected chi connectivity index (χ4v) is 3.48. The van der Waals surface area contributed by atoms with Gasteiger partial charge >= 0.3 is 0 Å². The molecule has 3 rings (SSSR count). The number of rotatable bonds is 7. The summed E-state index contributed by atoms with van der Waals surface area (Å²) < 4.78 is 11.4. The molecule has 128 valence electrons. The third kappa shape index (κ3) is 5.20. The van der Waals surface area contributed by atoms with Crippen LogP contribution in [0.15, 0.2) is 24.3 Å². The van der Waals surface area contributed by atoms with E-state index in [4.69, 9.17) is 9.47 Å². The number of ether oxygens (including phenoxy) is 2. The number of aliphatic hydroxyl groups excluding tert-OH is 1. The van der Waals surface area contributed by atoms with Gasteiger partial charge < -0.3 is 19.9 Å². The molecule has 23 heavy (non-hydrogen) atoms. The van der Waals surface area contributed by atoms with E-state index in [1.165, 1.54) is 18.4 Å². The lowest BCUT2D eigenvalue weighted by Crippen LogP contribution is -2.33. The standard InChI is InChI=1S/C19H29NO3/c21-13-16-3-7-17(8-4-16)20-12-15-5-9-18(10-6-15)23-14-19-2-1-11-22-19/h5-6,9-10,16-17,19-21H,1-4,7-8,11-14H2. The van der Waals surface area contributed by atoms with E-state index >= 15 is 0 Å². The molecule has 2 aliphatic rings. The normalized spacial score (nSPS) is 28.0. The molecule has 4 nitrogen and oxygen atoms in total. The quantitative estimate of drug-likeness (QED) is 0.811. The number of nitrogens with one attached hydrogen (secondary N) is 1. The minimum Gasteiger partial charge on any atom is -0.491 e. The molecule has 0 radical (unpaired) electrons. The first-order chi connectivity index (χ1) is 11.3. The van der Waals surface area contributed by atoms with E-state index in [1.54, 1.807) is 0 Å². The van der Waals surface area contributed by atoms with Crippen LogP contribution in [0.2, 0.25) is 0 Å². The lowest BCUT2D eigenvalue weighted by Gasteiger charge is -2.28. The number of benzene rings is 1. The van der Waals surface area contributed by atoms with Gasteiger partial charge in [-0.3, -0.25) is 0 Å². The van der Waals surface area contributed by atoms with Crippen LogP contribution in [-0.2, 0) is 11.3 Å². The van der Waals surface area contributed by atoms with Gasteiger partial charge in [0.05, 0.1) is 6.10 Å². The topological polar surface area (TPSA) is 50.7 Å². The van der Waals surface area contributed by atoms with E-state index in [0.29, 0.717) is 25.2 Å². The van der Waals surface area contributed by atoms with E-state index in [-0.39, 0.29) is 6.10 Å². The molecule has 1 saturated heterocycles. The van der Waals surface area contributed by atoms with Crippen molar-refractivity contribution in [1.82, 2.24) is 5.32 Å². The summed E-state index contributed by atoms with van der Waals surface area (Å²) in [5.41, 5.74) is 1.29.